The average molecular weight is 394 g/mol. The first-order valence-corrected chi connectivity index (χ1v) is 8.04. The maximum Gasteiger partial charge on any atom is 0.342 e. The zero-order valence-electron chi connectivity index (χ0n) is 14.9. The molecule has 27 heavy (non-hydrogen) atoms. The Morgan fingerprint density at radius 3 is 2.59 bits per heavy atom. The van der Waals surface area contributed by atoms with Crippen LogP contribution in [-0.2, 0) is 4.74 Å². The zero-order valence-corrected chi connectivity index (χ0v) is 15.7. The highest BCUT2D eigenvalue weighted by Gasteiger charge is 2.20. The van der Waals surface area contributed by atoms with Gasteiger partial charge in [0.25, 0.3) is 0 Å². The topological polar surface area (TPSA) is 64.1 Å². The molecule has 0 fully saturated rings. The Labute approximate surface area is 161 Å². The van der Waals surface area contributed by atoms with E-state index < -0.39 is 17.6 Å². The number of rotatable bonds is 4. The minimum atomic E-state index is -0.779. The Kier molecular flexibility index (Phi) is 6.28. The number of nitrogens with zero attached hydrogens (tertiary/aromatic N) is 2. The lowest BCUT2D eigenvalue weighted by molar-refractivity contribution is 0.0379. The Morgan fingerprint density at radius 1 is 1.19 bits per heavy atom. The van der Waals surface area contributed by atoms with Crippen molar-refractivity contribution in [2.75, 3.05) is 5.32 Å². The van der Waals surface area contributed by atoms with Crippen LogP contribution in [0.25, 0.3) is 11.0 Å². The summed E-state index contributed by atoms with van der Waals surface area (Å²) in [4.78, 5) is 21.0. The molecule has 1 aromatic carbocycles. The van der Waals surface area contributed by atoms with Gasteiger partial charge in [0, 0.05) is 23.3 Å². The maximum atomic E-state index is 14.1. The monoisotopic (exact) mass is 393 g/mol. The number of pyridine rings is 2. The summed E-state index contributed by atoms with van der Waals surface area (Å²) in [7, 11) is 0. The summed E-state index contributed by atoms with van der Waals surface area (Å²) in [6, 6.07) is 6.65. The summed E-state index contributed by atoms with van der Waals surface area (Å²) in [6.07, 6.45) is 1.01. The molecule has 0 radical (unpaired) electrons. The van der Waals surface area contributed by atoms with Crippen LogP contribution in [0.5, 0.6) is 0 Å². The Hall–Kier alpha value is -2.80. The first-order chi connectivity index (χ1) is 12.3. The molecule has 0 atom stereocenters. The van der Waals surface area contributed by atoms with Gasteiger partial charge in [0.1, 0.15) is 17.2 Å². The molecule has 0 amide bonds. The fourth-order valence-electron chi connectivity index (χ4n) is 2.46. The number of halogens is 3. The molecule has 5 nitrogen and oxygen atoms in total. The molecule has 0 saturated carbocycles. The highest BCUT2D eigenvalue weighted by atomic mass is 35.5. The lowest BCUT2D eigenvalue weighted by atomic mass is 10.1. The van der Waals surface area contributed by atoms with Crippen molar-refractivity contribution in [1.29, 1.82) is 0 Å². The van der Waals surface area contributed by atoms with Crippen molar-refractivity contribution < 1.29 is 18.3 Å². The van der Waals surface area contributed by atoms with Crippen LogP contribution in [0.2, 0.25) is 0 Å². The molecular weight excluding hydrogens is 376 g/mol. The zero-order chi connectivity index (χ0) is 18.8. The molecule has 142 valence electrons. The van der Waals surface area contributed by atoms with Crippen molar-refractivity contribution in [1.82, 2.24) is 9.97 Å². The summed E-state index contributed by atoms with van der Waals surface area (Å²) in [5, 5.41) is 3.39. The van der Waals surface area contributed by atoms with E-state index >= 15 is 0 Å². The van der Waals surface area contributed by atoms with E-state index in [4.69, 9.17) is 4.74 Å². The third-order valence-corrected chi connectivity index (χ3v) is 3.62. The Bertz CT molecular complexity index is 996. The maximum absolute atomic E-state index is 14.1. The van der Waals surface area contributed by atoms with Gasteiger partial charge in [0.2, 0.25) is 0 Å². The number of esters is 1. The molecule has 8 heteroatoms. The molecular formula is C19H18ClF2N3O2. The third-order valence-electron chi connectivity index (χ3n) is 3.62. The van der Waals surface area contributed by atoms with Gasteiger partial charge < -0.3 is 10.1 Å². The molecule has 0 spiro atoms. The van der Waals surface area contributed by atoms with Crippen LogP contribution < -0.4 is 5.32 Å². The molecule has 0 aliphatic rings. The SMILES string of the molecule is Cc1ccc2c(Nc3ccc(F)cc3F)c(C(=O)OC(C)C)cnc2n1.Cl. The first kappa shape index (κ1) is 20.5. The highest BCUT2D eigenvalue weighted by molar-refractivity contribution is 6.05. The van der Waals surface area contributed by atoms with Crippen LogP contribution in [0.3, 0.4) is 0 Å². The number of ether oxygens (including phenoxy) is 1. The molecule has 0 aliphatic heterocycles. The molecule has 0 saturated heterocycles. The third kappa shape index (κ3) is 4.49. The number of carbonyl (C=O) groups excluding carboxylic acids is 1. The van der Waals surface area contributed by atoms with Crippen LogP contribution in [0.1, 0.15) is 29.9 Å². The van der Waals surface area contributed by atoms with E-state index in [2.05, 4.69) is 15.3 Å². The highest BCUT2D eigenvalue weighted by Crippen LogP contribution is 2.30. The summed E-state index contributed by atoms with van der Waals surface area (Å²) in [5.74, 6) is -2.07. The van der Waals surface area contributed by atoms with E-state index in [0.29, 0.717) is 16.7 Å². The van der Waals surface area contributed by atoms with Crippen LogP contribution in [0.4, 0.5) is 20.2 Å². The van der Waals surface area contributed by atoms with Gasteiger partial charge in [-0.25, -0.2) is 23.5 Å². The predicted octanol–water partition coefficient (Wildman–Crippen LogP) is 4.95. The van der Waals surface area contributed by atoms with Crippen molar-refractivity contribution in [2.24, 2.45) is 0 Å². The Balaban J connectivity index is 0.00000261. The molecule has 3 aromatic rings. The fourth-order valence-corrected chi connectivity index (χ4v) is 2.46. The van der Waals surface area contributed by atoms with Gasteiger partial charge >= 0.3 is 5.97 Å². The van der Waals surface area contributed by atoms with Crippen molar-refractivity contribution in [3.8, 4) is 0 Å². The van der Waals surface area contributed by atoms with Gasteiger partial charge in [-0.15, -0.1) is 12.4 Å². The molecule has 0 unspecified atom stereocenters. The number of aryl methyl sites for hydroxylation is 1. The summed E-state index contributed by atoms with van der Waals surface area (Å²) < 4.78 is 32.5. The van der Waals surface area contributed by atoms with E-state index in [1.54, 1.807) is 26.0 Å². The number of hydrogen-bond acceptors (Lipinski definition) is 5. The van der Waals surface area contributed by atoms with Crippen molar-refractivity contribution in [3.63, 3.8) is 0 Å². The normalized spacial score (nSPS) is 10.6. The summed E-state index contributed by atoms with van der Waals surface area (Å²) in [5.41, 5.74) is 1.62. The lowest BCUT2D eigenvalue weighted by Gasteiger charge is -2.15. The number of carbonyl (C=O) groups is 1. The van der Waals surface area contributed by atoms with E-state index in [1.807, 2.05) is 6.92 Å². The van der Waals surface area contributed by atoms with Gasteiger partial charge in [0.05, 0.1) is 17.5 Å². The van der Waals surface area contributed by atoms with E-state index in [1.165, 1.54) is 12.3 Å². The number of fused-ring (bicyclic) bond motifs is 1. The van der Waals surface area contributed by atoms with Crippen LogP contribution >= 0.6 is 12.4 Å². The minimum absolute atomic E-state index is 0. The van der Waals surface area contributed by atoms with Crippen LogP contribution in [-0.4, -0.2) is 22.0 Å². The van der Waals surface area contributed by atoms with Crippen LogP contribution in [0, 0.1) is 18.6 Å². The number of aromatic nitrogens is 2. The summed E-state index contributed by atoms with van der Waals surface area (Å²) >= 11 is 0. The van der Waals surface area contributed by atoms with Crippen molar-refractivity contribution in [3.05, 3.63) is 59.4 Å². The van der Waals surface area contributed by atoms with Gasteiger partial charge in [-0.05, 0) is 45.0 Å². The smallest absolute Gasteiger partial charge is 0.342 e. The van der Waals surface area contributed by atoms with Crippen molar-refractivity contribution >= 4 is 40.8 Å². The molecule has 0 aliphatic carbocycles. The largest absolute Gasteiger partial charge is 0.459 e. The van der Waals surface area contributed by atoms with Gasteiger partial charge in [0.15, 0.2) is 5.65 Å². The average Bonchev–Trinajstić information content (AvgIpc) is 2.56. The Morgan fingerprint density at radius 2 is 1.93 bits per heavy atom. The summed E-state index contributed by atoms with van der Waals surface area (Å²) in [6.45, 7) is 5.27. The second-order valence-corrected chi connectivity index (χ2v) is 6.07. The molecule has 3 rings (SSSR count). The van der Waals surface area contributed by atoms with Crippen LogP contribution in [0.15, 0.2) is 36.5 Å². The second kappa shape index (κ2) is 8.26. The van der Waals surface area contributed by atoms with Gasteiger partial charge in [-0.3, -0.25) is 0 Å². The second-order valence-electron chi connectivity index (χ2n) is 6.07. The van der Waals surface area contributed by atoms with E-state index in [0.717, 1.165) is 17.8 Å². The standard InChI is InChI=1S/C19H17F2N3O2.ClH/c1-10(2)26-19(25)14-9-22-18-13(6-4-11(3)23-18)17(14)24-16-7-5-12(20)8-15(16)21;/h4-10H,1-3H3,(H,22,23,24);1H. The van der Waals surface area contributed by atoms with E-state index in [9.17, 15) is 13.6 Å². The molecule has 0 bridgehead atoms. The molecule has 2 aromatic heterocycles. The number of nitrogens with one attached hydrogen (secondary N) is 1. The van der Waals surface area contributed by atoms with Gasteiger partial charge in [-0.1, -0.05) is 0 Å². The number of anilines is 2. The minimum Gasteiger partial charge on any atom is -0.459 e. The van der Waals surface area contributed by atoms with Crippen molar-refractivity contribution in [2.45, 2.75) is 26.9 Å². The predicted molar refractivity (Wildman–Crippen MR) is 102 cm³/mol. The number of benzene rings is 1. The number of hydrogen-bond donors (Lipinski definition) is 1. The van der Waals surface area contributed by atoms with E-state index in [-0.39, 0.29) is 29.8 Å². The molecule has 1 N–H and O–H groups in total. The molecule has 2 heterocycles. The fraction of sp³-hybridized carbons (Fsp3) is 0.211. The quantitative estimate of drug-likeness (QED) is 0.635. The lowest BCUT2D eigenvalue weighted by Crippen LogP contribution is -2.14. The first-order valence-electron chi connectivity index (χ1n) is 8.04. The van der Waals surface area contributed by atoms with Gasteiger partial charge in [-0.2, -0.15) is 0 Å².